The molecule has 1 saturated heterocycles. The molecule has 0 radical (unpaired) electrons. The molecule has 1 aromatic rings. The van der Waals surface area contributed by atoms with Crippen molar-refractivity contribution in [2.75, 3.05) is 39.5 Å². The van der Waals surface area contributed by atoms with Crippen molar-refractivity contribution in [3.63, 3.8) is 0 Å². The van der Waals surface area contributed by atoms with Gasteiger partial charge in [-0.2, -0.15) is 0 Å². The van der Waals surface area contributed by atoms with Crippen molar-refractivity contribution in [3.8, 4) is 5.75 Å². The van der Waals surface area contributed by atoms with Gasteiger partial charge in [0.2, 0.25) is 0 Å². The van der Waals surface area contributed by atoms with Gasteiger partial charge in [-0.25, -0.2) is 0 Å². The van der Waals surface area contributed by atoms with Crippen LogP contribution in [0.1, 0.15) is 52.0 Å². The third kappa shape index (κ3) is 5.22. The fourth-order valence-electron chi connectivity index (χ4n) is 3.89. The molecule has 3 rings (SSSR count). The maximum Gasteiger partial charge on any atom is 0.277 e. The van der Waals surface area contributed by atoms with Gasteiger partial charge in [-0.15, -0.1) is 0 Å². The number of carbonyl (C=O) groups excluding carboxylic acids is 2. The molecule has 164 valence electrons. The first-order valence-corrected chi connectivity index (χ1v) is 11.2. The van der Waals surface area contributed by atoms with E-state index in [2.05, 4.69) is 18.7 Å². The number of carbonyl (C=O) groups is 2. The molecule has 6 nitrogen and oxygen atoms in total. The van der Waals surface area contributed by atoms with Crippen LogP contribution in [0.5, 0.6) is 5.75 Å². The summed E-state index contributed by atoms with van der Waals surface area (Å²) in [6.45, 7) is 10.00. The molecular formula is C24H34N2O4. The fraction of sp³-hybridized carbons (Fsp3) is 0.583. The van der Waals surface area contributed by atoms with Gasteiger partial charge in [0.05, 0.1) is 12.2 Å². The summed E-state index contributed by atoms with van der Waals surface area (Å²) in [5, 5.41) is 0. The molecule has 0 spiro atoms. The minimum absolute atomic E-state index is 0.173. The Balaban J connectivity index is 1.85. The predicted molar refractivity (Wildman–Crippen MR) is 117 cm³/mol. The Bertz CT molecular complexity index is 764. The SMILES string of the molecule is CCOCCCN1C(=O)C(c2ccc(OCC(C)C)cc2)=C(N2CCCCC2)C1=O. The summed E-state index contributed by atoms with van der Waals surface area (Å²) >= 11 is 0. The maximum absolute atomic E-state index is 13.3. The zero-order valence-corrected chi connectivity index (χ0v) is 18.5. The first-order valence-electron chi connectivity index (χ1n) is 11.2. The molecule has 1 fully saturated rings. The minimum atomic E-state index is -0.201. The zero-order chi connectivity index (χ0) is 21.5. The first kappa shape index (κ1) is 22.3. The number of benzene rings is 1. The summed E-state index contributed by atoms with van der Waals surface area (Å²) in [4.78, 5) is 30.0. The van der Waals surface area contributed by atoms with Crippen LogP contribution in [0.25, 0.3) is 5.57 Å². The van der Waals surface area contributed by atoms with Crippen LogP contribution in [0.2, 0.25) is 0 Å². The molecule has 2 heterocycles. The van der Waals surface area contributed by atoms with E-state index in [1.165, 1.54) is 11.3 Å². The molecule has 0 unspecified atom stereocenters. The lowest BCUT2D eigenvalue weighted by Gasteiger charge is -2.29. The lowest BCUT2D eigenvalue weighted by Crippen LogP contribution is -2.37. The van der Waals surface area contributed by atoms with E-state index < -0.39 is 0 Å². The van der Waals surface area contributed by atoms with Crippen molar-refractivity contribution in [2.45, 2.75) is 46.5 Å². The quantitative estimate of drug-likeness (QED) is 0.431. The zero-order valence-electron chi connectivity index (χ0n) is 18.5. The first-order chi connectivity index (χ1) is 14.5. The van der Waals surface area contributed by atoms with E-state index in [4.69, 9.17) is 9.47 Å². The highest BCUT2D eigenvalue weighted by Crippen LogP contribution is 2.34. The normalized spacial score (nSPS) is 17.5. The lowest BCUT2D eigenvalue weighted by atomic mass is 10.0. The molecule has 0 aromatic heterocycles. The van der Waals surface area contributed by atoms with E-state index in [1.807, 2.05) is 31.2 Å². The second kappa shape index (κ2) is 10.6. The van der Waals surface area contributed by atoms with Gasteiger partial charge in [0.25, 0.3) is 11.8 Å². The second-order valence-electron chi connectivity index (χ2n) is 8.31. The van der Waals surface area contributed by atoms with Crippen LogP contribution in [0.3, 0.4) is 0 Å². The summed E-state index contributed by atoms with van der Waals surface area (Å²) in [5.74, 6) is 0.844. The molecule has 0 atom stereocenters. The molecule has 0 bridgehead atoms. The maximum atomic E-state index is 13.3. The summed E-state index contributed by atoms with van der Waals surface area (Å²) in [6.07, 6.45) is 3.91. The summed E-state index contributed by atoms with van der Waals surface area (Å²) in [6, 6.07) is 7.55. The number of imide groups is 1. The van der Waals surface area contributed by atoms with Gasteiger partial charge in [-0.3, -0.25) is 14.5 Å². The van der Waals surface area contributed by atoms with Gasteiger partial charge in [0.15, 0.2) is 0 Å². The van der Waals surface area contributed by atoms with Crippen LogP contribution in [0.4, 0.5) is 0 Å². The number of amides is 2. The molecule has 6 heteroatoms. The van der Waals surface area contributed by atoms with Gasteiger partial charge >= 0.3 is 0 Å². The number of likely N-dealkylation sites (tertiary alicyclic amines) is 1. The van der Waals surface area contributed by atoms with Crippen molar-refractivity contribution in [2.24, 2.45) is 5.92 Å². The summed E-state index contributed by atoms with van der Waals surface area (Å²) in [7, 11) is 0. The number of rotatable bonds is 10. The van der Waals surface area contributed by atoms with E-state index in [0.717, 1.165) is 37.2 Å². The molecule has 2 aliphatic rings. The topological polar surface area (TPSA) is 59.1 Å². The lowest BCUT2D eigenvalue weighted by molar-refractivity contribution is -0.137. The average molecular weight is 415 g/mol. The van der Waals surface area contributed by atoms with Crippen LogP contribution >= 0.6 is 0 Å². The minimum Gasteiger partial charge on any atom is -0.493 e. The smallest absolute Gasteiger partial charge is 0.277 e. The van der Waals surface area contributed by atoms with E-state index in [1.54, 1.807) is 0 Å². The van der Waals surface area contributed by atoms with Crippen LogP contribution in [-0.2, 0) is 14.3 Å². The van der Waals surface area contributed by atoms with Crippen LogP contribution < -0.4 is 4.74 Å². The highest BCUT2D eigenvalue weighted by atomic mass is 16.5. The molecule has 0 aliphatic carbocycles. The number of ether oxygens (including phenoxy) is 2. The molecular weight excluding hydrogens is 380 g/mol. The van der Waals surface area contributed by atoms with Gasteiger partial charge < -0.3 is 14.4 Å². The van der Waals surface area contributed by atoms with Crippen LogP contribution in [-0.4, -0.2) is 61.1 Å². The molecule has 2 aliphatic heterocycles. The molecule has 0 saturated carbocycles. The van der Waals surface area contributed by atoms with Crippen molar-refractivity contribution in [1.29, 1.82) is 0 Å². The van der Waals surface area contributed by atoms with Crippen molar-refractivity contribution in [1.82, 2.24) is 9.80 Å². The Morgan fingerprint density at radius 1 is 1.00 bits per heavy atom. The van der Waals surface area contributed by atoms with E-state index in [-0.39, 0.29) is 11.8 Å². The highest BCUT2D eigenvalue weighted by molar-refractivity contribution is 6.35. The Hall–Kier alpha value is -2.34. The van der Waals surface area contributed by atoms with Crippen molar-refractivity contribution >= 4 is 17.4 Å². The van der Waals surface area contributed by atoms with Gasteiger partial charge in [-0.05, 0) is 56.2 Å². The number of hydrogen-bond donors (Lipinski definition) is 0. The number of nitrogens with zero attached hydrogens (tertiary/aromatic N) is 2. The average Bonchev–Trinajstić information content (AvgIpc) is 3.00. The molecule has 2 amide bonds. The molecule has 1 aromatic carbocycles. The second-order valence-corrected chi connectivity index (χ2v) is 8.31. The van der Waals surface area contributed by atoms with Gasteiger partial charge in [-0.1, -0.05) is 26.0 Å². The van der Waals surface area contributed by atoms with E-state index in [0.29, 0.717) is 50.0 Å². The predicted octanol–water partition coefficient (Wildman–Crippen LogP) is 3.71. The summed E-state index contributed by atoms with van der Waals surface area (Å²) < 4.78 is 11.2. The van der Waals surface area contributed by atoms with Crippen LogP contribution in [0, 0.1) is 5.92 Å². The standard InChI is InChI=1S/C24H34N2O4/c1-4-29-16-8-15-26-23(27)21(22(24(26)28)25-13-6-5-7-14-25)19-9-11-20(12-10-19)30-17-18(2)3/h9-12,18H,4-8,13-17H2,1-3H3. The largest absolute Gasteiger partial charge is 0.493 e. The third-order valence-corrected chi connectivity index (χ3v) is 5.42. The van der Waals surface area contributed by atoms with Gasteiger partial charge in [0.1, 0.15) is 11.4 Å². The third-order valence-electron chi connectivity index (χ3n) is 5.42. The molecule has 0 N–H and O–H groups in total. The van der Waals surface area contributed by atoms with E-state index >= 15 is 0 Å². The Morgan fingerprint density at radius 2 is 1.70 bits per heavy atom. The van der Waals surface area contributed by atoms with Crippen molar-refractivity contribution in [3.05, 3.63) is 35.5 Å². The fourth-order valence-corrected chi connectivity index (χ4v) is 3.89. The monoisotopic (exact) mass is 414 g/mol. The number of piperidine rings is 1. The Kier molecular flexibility index (Phi) is 7.91. The summed E-state index contributed by atoms with van der Waals surface area (Å²) in [5.41, 5.74) is 1.86. The van der Waals surface area contributed by atoms with Gasteiger partial charge in [0, 0.05) is 32.8 Å². The highest BCUT2D eigenvalue weighted by Gasteiger charge is 2.41. The van der Waals surface area contributed by atoms with E-state index in [9.17, 15) is 9.59 Å². The molecule has 30 heavy (non-hydrogen) atoms. The Labute approximate surface area is 179 Å². The number of hydrogen-bond acceptors (Lipinski definition) is 5. The van der Waals surface area contributed by atoms with Crippen molar-refractivity contribution < 1.29 is 19.1 Å². The Morgan fingerprint density at radius 3 is 2.33 bits per heavy atom. The van der Waals surface area contributed by atoms with Crippen LogP contribution in [0.15, 0.2) is 30.0 Å².